The first-order chi connectivity index (χ1) is 32.5. The maximum Gasteiger partial charge on any atom is 0.336 e. The minimum atomic E-state index is -0.448. The van der Waals surface area contributed by atoms with Crippen LogP contribution in [0.15, 0.2) is 179 Å². The monoisotopic (exact) mass is 873 g/mol. The van der Waals surface area contributed by atoms with Crippen molar-refractivity contribution in [1.29, 1.82) is 0 Å². The molecular formula is C56H36ClN7O2. The molecule has 8 bridgehead atoms. The summed E-state index contributed by atoms with van der Waals surface area (Å²) in [5, 5.41) is 9.75. The number of halogens is 1. The van der Waals surface area contributed by atoms with E-state index in [0.717, 1.165) is 112 Å². The summed E-state index contributed by atoms with van der Waals surface area (Å²) in [6, 6.07) is 55.1. The van der Waals surface area contributed by atoms with Crippen LogP contribution >= 0.6 is 11.6 Å². The summed E-state index contributed by atoms with van der Waals surface area (Å²) in [6.45, 7) is 0. The van der Waals surface area contributed by atoms with Crippen LogP contribution < -0.4 is 5.63 Å². The third kappa shape index (κ3) is 6.95. The second-order valence-corrected chi connectivity index (χ2v) is 16.4. The molecule has 0 amide bonds. The summed E-state index contributed by atoms with van der Waals surface area (Å²) < 4.78 is 7.25. The smallest absolute Gasteiger partial charge is 0.336 e. The standard InChI is InChI=1S/C56H36ClN7O2/c57-32-39-31-52(65)66-51-30-38(18-21-41(39)51)50-33-64(63-62-50)40-19-16-37(17-20-40)56-48-28-26-46(60-48)54(35-12-6-2-7-13-35)44-24-22-42(58-44)53(34-10-4-1-5-11-34)43-23-25-45(59-43)55(36-14-8-3-9-15-36)47-27-29-49(56)61-47/h1-31,33,58,61H,32H2. The predicted octanol–water partition coefficient (Wildman–Crippen LogP) is 13.4. The second-order valence-electron chi connectivity index (χ2n) is 16.1. The molecule has 66 heavy (non-hydrogen) atoms. The molecule has 0 spiro atoms. The highest BCUT2D eigenvalue weighted by molar-refractivity contribution is 6.18. The summed E-state index contributed by atoms with van der Waals surface area (Å²) in [7, 11) is 0. The van der Waals surface area contributed by atoms with E-state index in [1.54, 1.807) is 10.7 Å². The van der Waals surface area contributed by atoms with Crippen LogP contribution in [0.1, 0.15) is 28.3 Å². The molecule has 12 rings (SSSR count). The van der Waals surface area contributed by atoms with Crippen LogP contribution in [0.2, 0.25) is 0 Å². The fourth-order valence-corrected chi connectivity index (χ4v) is 9.26. The molecule has 0 fully saturated rings. The van der Waals surface area contributed by atoms with E-state index < -0.39 is 5.63 Å². The molecule has 5 aromatic carbocycles. The third-order valence-corrected chi connectivity index (χ3v) is 12.4. The first-order valence-corrected chi connectivity index (χ1v) is 22.1. The van der Waals surface area contributed by atoms with Crippen molar-refractivity contribution in [2.45, 2.75) is 5.88 Å². The molecule has 2 N–H and O–H groups in total. The number of aromatic amines is 2. The van der Waals surface area contributed by atoms with Crippen LogP contribution in [0, 0.1) is 0 Å². The van der Waals surface area contributed by atoms with Crippen LogP contribution in [-0.4, -0.2) is 34.9 Å². The number of hydrogen-bond acceptors (Lipinski definition) is 6. The molecule has 0 unspecified atom stereocenters. The first-order valence-electron chi connectivity index (χ1n) is 21.5. The Bertz CT molecular complexity index is 3770. The van der Waals surface area contributed by atoms with E-state index in [0.29, 0.717) is 11.3 Å². The lowest BCUT2D eigenvalue weighted by Crippen LogP contribution is -1.99. The fraction of sp³-hybridized carbons (Fsp3) is 0.0179. The minimum Gasteiger partial charge on any atom is -0.423 e. The molecule has 0 aliphatic carbocycles. The van der Waals surface area contributed by atoms with E-state index >= 15 is 0 Å². The Labute approximate surface area is 382 Å². The van der Waals surface area contributed by atoms with Gasteiger partial charge in [0.05, 0.1) is 34.7 Å². The van der Waals surface area contributed by atoms with E-state index in [4.69, 9.17) is 26.0 Å². The van der Waals surface area contributed by atoms with Crippen LogP contribution in [0.4, 0.5) is 0 Å². The van der Waals surface area contributed by atoms with Gasteiger partial charge in [0.2, 0.25) is 0 Å². The first kappa shape index (κ1) is 39.0. The molecule has 7 heterocycles. The zero-order chi connectivity index (χ0) is 44.1. The lowest BCUT2D eigenvalue weighted by Gasteiger charge is -2.07. The molecule has 0 atom stereocenters. The van der Waals surface area contributed by atoms with Gasteiger partial charge >= 0.3 is 5.63 Å². The number of hydrogen-bond donors (Lipinski definition) is 2. The van der Waals surface area contributed by atoms with Crippen LogP contribution in [0.3, 0.4) is 0 Å². The Hall–Kier alpha value is -8.66. The molecule has 0 saturated heterocycles. The molecule has 10 heteroatoms. The zero-order valence-electron chi connectivity index (χ0n) is 35.1. The van der Waals surface area contributed by atoms with Crippen molar-refractivity contribution in [3.05, 3.63) is 209 Å². The Morgan fingerprint density at radius 1 is 0.500 bits per heavy atom. The molecule has 2 aliphatic rings. The van der Waals surface area contributed by atoms with Gasteiger partial charge in [-0.3, -0.25) is 0 Å². The van der Waals surface area contributed by atoms with E-state index in [-0.39, 0.29) is 5.88 Å². The van der Waals surface area contributed by atoms with Crippen LogP contribution in [0.5, 0.6) is 0 Å². The summed E-state index contributed by atoms with van der Waals surface area (Å²) in [5.41, 5.74) is 18.0. The number of aromatic nitrogens is 7. The average Bonchev–Trinajstić information content (AvgIpc) is 4.24. The van der Waals surface area contributed by atoms with Gasteiger partial charge in [-0.05, 0) is 94.6 Å². The summed E-state index contributed by atoms with van der Waals surface area (Å²) in [5.74, 6) is 0.206. The quantitative estimate of drug-likeness (QED) is 0.122. The zero-order valence-corrected chi connectivity index (χ0v) is 35.9. The SMILES string of the molecule is O=c1cc(CCl)c2ccc(-c3cn(-c4ccc(-c5c6nc(c(-c7ccccc7)c7ccc([nH]7)c(-c7ccccc7)c7nc(c(-c8ccccc8)c8ccc5[nH]8)C=C7)C=C6)cc4)nn3)cc2o1. The van der Waals surface area contributed by atoms with Crippen molar-refractivity contribution in [2.75, 3.05) is 0 Å². The average molecular weight is 874 g/mol. The van der Waals surface area contributed by atoms with Gasteiger partial charge in [0.25, 0.3) is 0 Å². The van der Waals surface area contributed by atoms with E-state index in [2.05, 4.69) is 154 Å². The molecule has 10 aromatic rings. The topological polar surface area (TPSA) is 118 Å². The maximum atomic E-state index is 12.2. The summed E-state index contributed by atoms with van der Waals surface area (Å²) in [4.78, 5) is 30.7. The van der Waals surface area contributed by atoms with Gasteiger partial charge in [0.1, 0.15) is 11.3 Å². The van der Waals surface area contributed by atoms with E-state index in [1.165, 1.54) is 6.07 Å². The van der Waals surface area contributed by atoms with Crippen LogP contribution in [0.25, 0.3) is 119 Å². The molecule has 0 saturated carbocycles. The number of benzene rings is 5. The number of fused-ring (bicyclic) bond motifs is 9. The van der Waals surface area contributed by atoms with Gasteiger partial charge in [0.15, 0.2) is 0 Å². The Balaban J connectivity index is 1.07. The molecule has 314 valence electrons. The number of H-pyrrole nitrogens is 2. The van der Waals surface area contributed by atoms with Crippen molar-refractivity contribution >= 4 is 68.9 Å². The number of alkyl halides is 1. The normalized spacial score (nSPS) is 12.0. The van der Waals surface area contributed by atoms with Crippen molar-refractivity contribution in [1.82, 2.24) is 34.9 Å². The Kier molecular flexibility index (Phi) is 9.54. The largest absolute Gasteiger partial charge is 0.423 e. The molecular weight excluding hydrogens is 838 g/mol. The number of rotatable bonds is 7. The Morgan fingerprint density at radius 3 is 1.39 bits per heavy atom. The van der Waals surface area contributed by atoms with E-state index in [9.17, 15) is 4.79 Å². The molecule has 9 nitrogen and oxygen atoms in total. The van der Waals surface area contributed by atoms with Gasteiger partial charge in [0, 0.05) is 67.2 Å². The Morgan fingerprint density at radius 2 is 0.939 bits per heavy atom. The van der Waals surface area contributed by atoms with Gasteiger partial charge < -0.3 is 14.4 Å². The van der Waals surface area contributed by atoms with Gasteiger partial charge in [-0.2, -0.15) is 0 Å². The van der Waals surface area contributed by atoms with Gasteiger partial charge in [-0.1, -0.05) is 120 Å². The molecule has 0 radical (unpaired) electrons. The third-order valence-electron chi connectivity index (χ3n) is 12.1. The highest BCUT2D eigenvalue weighted by atomic mass is 35.5. The predicted molar refractivity (Wildman–Crippen MR) is 267 cm³/mol. The lowest BCUT2D eigenvalue weighted by molar-refractivity contribution is 0.560. The van der Waals surface area contributed by atoms with Crippen molar-refractivity contribution in [2.24, 2.45) is 0 Å². The van der Waals surface area contributed by atoms with Gasteiger partial charge in [-0.15, -0.1) is 16.7 Å². The second kappa shape index (κ2) is 16.2. The van der Waals surface area contributed by atoms with Gasteiger partial charge in [-0.25, -0.2) is 19.4 Å². The summed E-state index contributed by atoms with van der Waals surface area (Å²) >= 11 is 6.13. The van der Waals surface area contributed by atoms with Crippen molar-refractivity contribution < 1.29 is 4.42 Å². The minimum absolute atomic E-state index is 0.206. The van der Waals surface area contributed by atoms with Crippen molar-refractivity contribution in [3.8, 4) is 61.5 Å². The molecule has 5 aromatic heterocycles. The van der Waals surface area contributed by atoms with Crippen molar-refractivity contribution in [3.63, 3.8) is 0 Å². The maximum absolute atomic E-state index is 12.2. The molecule has 2 aliphatic heterocycles. The fourth-order valence-electron chi connectivity index (χ4n) is 9.04. The number of nitrogens with one attached hydrogen (secondary N) is 2. The van der Waals surface area contributed by atoms with Crippen LogP contribution in [-0.2, 0) is 5.88 Å². The highest BCUT2D eigenvalue weighted by Gasteiger charge is 2.19. The highest BCUT2D eigenvalue weighted by Crippen LogP contribution is 2.39. The number of nitrogens with zero attached hydrogens (tertiary/aromatic N) is 5. The summed E-state index contributed by atoms with van der Waals surface area (Å²) in [6.07, 6.45) is 10.3. The van der Waals surface area contributed by atoms with E-state index in [1.807, 2.05) is 48.7 Å². The lowest BCUT2D eigenvalue weighted by atomic mass is 10.0.